The summed E-state index contributed by atoms with van der Waals surface area (Å²) in [6, 6.07) is 5.50. The Bertz CT molecular complexity index is 345. The highest BCUT2D eigenvalue weighted by Crippen LogP contribution is 2.23. The van der Waals surface area contributed by atoms with Crippen LogP contribution in [0, 0.1) is 0 Å². The Hall–Kier alpha value is -1.12. The molecule has 0 spiro atoms. The van der Waals surface area contributed by atoms with Crippen molar-refractivity contribution in [3.8, 4) is 5.75 Å². The van der Waals surface area contributed by atoms with Gasteiger partial charge >= 0.3 is 0 Å². The molecule has 0 amide bonds. The van der Waals surface area contributed by atoms with Gasteiger partial charge in [-0.05, 0) is 17.7 Å². The van der Waals surface area contributed by atoms with Gasteiger partial charge in [0.05, 0.1) is 13.7 Å². The van der Waals surface area contributed by atoms with E-state index < -0.39 is 0 Å². The molecule has 0 aliphatic heterocycles. The fourth-order valence-corrected chi connectivity index (χ4v) is 1.38. The minimum atomic E-state index is 0.341. The molecule has 0 aliphatic carbocycles. The van der Waals surface area contributed by atoms with Crippen molar-refractivity contribution in [3.63, 3.8) is 0 Å². The molecule has 3 nitrogen and oxygen atoms in total. The Morgan fingerprint density at radius 1 is 1.62 bits per heavy atom. The zero-order valence-electron chi connectivity index (χ0n) is 7.08. The van der Waals surface area contributed by atoms with Gasteiger partial charge < -0.3 is 4.74 Å². The maximum Gasteiger partial charge on any atom is 0.235 e. The fraction of sp³-hybridized carbons (Fsp3) is 0.222. The molecular formula is C9H8BrNO2. The molecule has 0 aromatic heterocycles. The van der Waals surface area contributed by atoms with Crippen molar-refractivity contribution in [3.05, 3.63) is 28.2 Å². The van der Waals surface area contributed by atoms with Gasteiger partial charge in [-0.15, -0.1) is 0 Å². The zero-order valence-corrected chi connectivity index (χ0v) is 8.67. The first kappa shape index (κ1) is 9.96. The molecule has 0 aliphatic rings. The van der Waals surface area contributed by atoms with Crippen molar-refractivity contribution < 1.29 is 9.53 Å². The second kappa shape index (κ2) is 4.80. The first-order valence-electron chi connectivity index (χ1n) is 3.64. The summed E-state index contributed by atoms with van der Waals surface area (Å²) in [5, 5.41) is 0. The largest absolute Gasteiger partial charge is 0.497 e. The third-order valence-corrected chi connectivity index (χ3v) is 2.31. The summed E-state index contributed by atoms with van der Waals surface area (Å²) < 4.78 is 5.90. The molecule has 0 unspecified atom stereocenters. The monoisotopic (exact) mass is 241 g/mol. The minimum Gasteiger partial charge on any atom is -0.497 e. The predicted molar refractivity (Wildman–Crippen MR) is 52.5 cm³/mol. The van der Waals surface area contributed by atoms with E-state index in [4.69, 9.17) is 4.74 Å². The third kappa shape index (κ3) is 2.68. The summed E-state index contributed by atoms with van der Waals surface area (Å²) in [7, 11) is 1.60. The lowest BCUT2D eigenvalue weighted by molar-refractivity contribution is 0.414. The summed E-state index contributed by atoms with van der Waals surface area (Å²) in [5.41, 5.74) is 0.934. The van der Waals surface area contributed by atoms with Crippen LogP contribution >= 0.6 is 15.9 Å². The van der Waals surface area contributed by atoms with Crippen LogP contribution in [0.15, 0.2) is 27.7 Å². The Labute approximate surface area is 84.6 Å². The number of methoxy groups -OCH3 is 1. The van der Waals surface area contributed by atoms with Crippen molar-refractivity contribution in [1.82, 2.24) is 0 Å². The van der Waals surface area contributed by atoms with Crippen LogP contribution in [0.25, 0.3) is 0 Å². The van der Waals surface area contributed by atoms with Crippen molar-refractivity contribution >= 4 is 22.0 Å². The van der Waals surface area contributed by atoms with Gasteiger partial charge in [0, 0.05) is 4.47 Å². The number of halogens is 1. The van der Waals surface area contributed by atoms with Crippen LogP contribution in [0.5, 0.6) is 5.75 Å². The van der Waals surface area contributed by atoms with Crippen LogP contribution in [0.2, 0.25) is 0 Å². The van der Waals surface area contributed by atoms with Gasteiger partial charge in [-0.2, -0.15) is 0 Å². The molecule has 0 saturated carbocycles. The first-order chi connectivity index (χ1) is 6.27. The lowest BCUT2D eigenvalue weighted by atomic mass is 10.2. The average Bonchev–Trinajstić information content (AvgIpc) is 2.16. The van der Waals surface area contributed by atoms with E-state index >= 15 is 0 Å². The number of hydrogen-bond acceptors (Lipinski definition) is 3. The lowest BCUT2D eigenvalue weighted by Crippen LogP contribution is -1.87. The van der Waals surface area contributed by atoms with Gasteiger partial charge in [0.15, 0.2) is 0 Å². The van der Waals surface area contributed by atoms with Crippen molar-refractivity contribution in [2.45, 2.75) is 6.54 Å². The van der Waals surface area contributed by atoms with Crippen LogP contribution in [-0.4, -0.2) is 13.2 Å². The molecule has 4 heteroatoms. The summed E-state index contributed by atoms with van der Waals surface area (Å²) in [6.07, 6.45) is 1.49. The molecule has 0 bridgehead atoms. The molecule has 1 aromatic carbocycles. The van der Waals surface area contributed by atoms with E-state index in [0.717, 1.165) is 15.8 Å². The highest BCUT2D eigenvalue weighted by molar-refractivity contribution is 9.10. The zero-order chi connectivity index (χ0) is 9.68. The highest BCUT2D eigenvalue weighted by atomic mass is 79.9. The molecule has 0 radical (unpaired) electrons. The summed E-state index contributed by atoms with van der Waals surface area (Å²) >= 11 is 3.35. The molecule has 1 rings (SSSR count). The molecule has 0 heterocycles. The second-order valence-electron chi connectivity index (χ2n) is 2.36. The number of hydrogen-bond donors (Lipinski definition) is 0. The van der Waals surface area contributed by atoms with E-state index in [9.17, 15) is 4.79 Å². The van der Waals surface area contributed by atoms with Gasteiger partial charge in [-0.1, -0.05) is 22.0 Å². The quantitative estimate of drug-likeness (QED) is 0.602. The molecule has 0 saturated heterocycles. The van der Waals surface area contributed by atoms with Crippen molar-refractivity contribution in [2.75, 3.05) is 7.11 Å². The average molecular weight is 242 g/mol. The van der Waals surface area contributed by atoms with Crippen LogP contribution in [0.3, 0.4) is 0 Å². The number of nitrogens with zero attached hydrogens (tertiary/aromatic N) is 1. The molecular weight excluding hydrogens is 234 g/mol. The smallest absolute Gasteiger partial charge is 0.235 e. The topological polar surface area (TPSA) is 38.7 Å². The molecule has 13 heavy (non-hydrogen) atoms. The Kier molecular flexibility index (Phi) is 3.68. The number of aliphatic imine (C=N–C) groups is 1. The molecule has 0 fully saturated rings. The second-order valence-corrected chi connectivity index (χ2v) is 3.22. The Morgan fingerprint density at radius 2 is 2.38 bits per heavy atom. The minimum absolute atomic E-state index is 0.341. The summed E-state index contributed by atoms with van der Waals surface area (Å²) in [5.74, 6) is 0.769. The summed E-state index contributed by atoms with van der Waals surface area (Å²) in [6.45, 7) is 0.341. The van der Waals surface area contributed by atoms with E-state index in [1.807, 2.05) is 18.2 Å². The van der Waals surface area contributed by atoms with Crippen LogP contribution in [0.4, 0.5) is 0 Å². The van der Waals surface area contributed by atoms with E-state index in [1.54, 1.807) is 7.11 Å². The van der Waals surface area contributed by atoms with Crippen LogP contribution in [-0.2, 0) is 11.3 Å². The molecule has 0 N–H and O–H groups in total. The van der Waals surface area contributed by atoms with Gasteiger partial charge in [0.2, 0.25) is 6.08 Å². The maximum atomic E-state index is 9.88. The summed E-state index contributed by atoms with van der Waals surface area (Å²) in [4.78, 5) is 13.4. The normalized spacial score (nSPS) is 9.08. The Balaban J connectivity index is 2.91. The van der Waals surface area contributed by atoms with Gasteiger partial charge in [0.25, 0.3) is 0 Å². The van der Waals surface area contributed by atoms with E-state index in [1.165, 1.54) is 6.08 Å². The standard InChI is InChI=1S/C9H8BrNO2/c1-13-8-3-2-7(5-11-6-12)9(10)4-8/h2-4H,5H2,1H3. The predicted octanol–water partition coefficient (Wildman–Crippen LogP) is 2.29. The first-order valence-corrected chi connectivity index (χ1v) is 4.43. The van der Waals surface area contributed by atoms with E-state index in [0.29, 0.717) is 6.54 Å². The molecule has 68 valence electrons. The number of ether oxygens (including phenoxy) is 1. The van der Waals surface area contributed by atoms with Crippen LogP contribution in [0.1, 0.15) is 5.56 Å². The fourth-order valence-electron chi connectivity index (χ4n) is 0.901. The Morgan fingerprint density at radius 3 is 2.92 bits per heavy atom. The van der Waals surface area contributed by atoms with E-state index in [2.05, 4.69) is 20.9 Å². The van der Waals surface area contributed by atoms with Gasteiger partial charge in [0.1, 0.15) is 5.75 Å². The SMILES string of the molecule is COc1ccc(CN=C=O)c(Br)c1. The van der Waals surface area contributed by atoms with Gasteiger partial charge in [-0.25, -0.2) is 9.79 Å². The van der Waals surface area contributed by atoms with Crippen LogP contribution < -0.4 is 4.74 Å². The van der Waals surface area contributed by atoms with Crippen molar-refractivity contribution in [2.24, 2.45) is 4.99 Å². The number of benzene rings is 1. The lowest BCUT2D eigenvalue weighted by Gasteiger charge is -2.03. The number of isocyanates is 1. The molecule has 0 atom stereocenters. The highest BCUT2D eigenvalue weighted by Gasteiger charge is 2.00. The number of carbonyl (C=O) groups excluding carboxylic acids is 1. The third-order valence-electron chi connectivity index (χ3n) is 1.57. The molecule has 1 aromatic rings. The van der Waals surface area contributed by atoms with E-state index in [-0.39, 0.29) is 0 Å². The van der Waals surface area contributed by atoms with Crippen molar-refractivity contribution in [1.29, 1.82) is 0 Å². The van der Waals surface area contributed by atoms with Gasteiger partial charge in [-0.3, -0.25) is 0 Å². The maximum absolute atomic E-state index is 9.88. The number of rotatable bonds is 3.